The Kier molecular flexibility index (Phi) is 5.71. The maximum Gasteiger partial charge on any atom is 0.308 e. The van der Waals surface area contributed by atoms with Crippen LogP contribution in [0.1, 0.15) is 22.3 Å². The molecule has 0 aliphatic heterocycles. The smallest absolute Gasteiger partial charge is 0.308 e. The predicted octanol–water partition coefficient (Wildman–Crippen LogP) is 5.09. The van der Waals surface area contributed by atoms with E-state index in [2.05, 4.69) is 0 Å². The van der Waals surface area contributed by atoms with Gasteiger partial charge < -0.3 is 9.47 Å². The van der Waals surface area contributed by atoms with Crippen molar-refractivity contribution in [1.82, 2.24) is 4.57 Å². The molecule has 2 aromatic heterocycles. The van der Waals surface area contributed by atoms with Crippen LogP contribution >= 0.6 is 23.1 Å². The van der Waals surface area contributed by atoms with Crippen molar-refractivity contribution in [2.24, 2.45) is 0 Å². The number of carbonyl (C=O) groups excluding carboxylic acids is 2. The van der Waals surface area contributed by atoms with Crippen molar-refractivity contribution in [2.45, 2.75) is 23.8 Å². The van der Waals surface area contributed by atoms with Crippen molar-refractivity contribution < 1.29 is 32.2 Å². The van der Waals surface area contributed by atoms with Gasteiger partial charge in [-0.3, -0.25) is 14.2 Å². The van der Waals surface area contributed by atoms with Crippen molar-refractivity contribution in [3.63, 3.8) is 0 Å². The van der Waals surface area contributed by atoms with Gasteiger partial charge in [0.15, 0.2) is 17.3 Å². The molecule has 0 spiro atoms. The third kappa shape index (κ3) is 3.61. The van der Waals surface area contributed by atoms with Crippen molar-refractivity contribution in [1.29, 1.82) is 0 Å². The molecular weight excluding hydrogens is 415 g/mol. The Balaban J connectivity index is 2.19. The highest BCUT2D eigenvalue weighted by Gasteiger charge is 2.27. The summed E-state index contributed by atoms with van der Waals surface area (Å²) < 4.78 is 51.5. The number of aromatic nitrogens is 1. The lowest BCUT2D eigenvalue weighted by molar-refractivity contribution is -0.131. The summed E-state index contributed by atoms with van der Waals surface area (Å²) in [5, 5.41) is -0.0702. The van der Waals surface area contributed by atoms with Gasteiger partial charge in [0.25, 0.3) is 11.7 Å². The number of alkyl halides is 2. The fraction of sp³-hybridized carbons (Fsp3) is 0.222. The highest BCUT2D eigenvalue weighted by atomic mass is 32.2. The van der Waals surface area contributed by atoms with Crippen LogP contribution in [0.4, 0.5) is 13.2 Å². The molecular formula is C18H14F3NO4S2. The third-order valence-electron chi connectivity index (χ3n) is 3.88. The van der Waals surface area contributed by atoms with Gasteiger partial charge in [-0.2, -0.15) is 8.78 Å². The maximum atomic E-state index is 14.9. The van der Waals surface area contributed by atoms with Crippen LogP contribution in [0.5, 0.6) is 11.5 Å². The van der Waals surface area contributed by atoms with Crippen molar-refractivity contribution in [3.8, 4) is 11.5 Å². The van der Waals surface area contributed by atoms with Crippen molar-refractivity contribution >= 4 is 45.9 Å². The molecule has 1 aromatic carbocycles. The average molecular weight is 429 g/mol. The molecule has 0 saturated heterocycles. The fourth-order valence-corrected chi connectivity index (χ4v) is 4.47. The molecule has 2 heterocycles. The fourth-order valence-electron chi connectivity index (χ4n) is 2.80. The lowest BCUT2D eigenvalue weighted by atomic mass is 10.2. The van der Waals surface area contributed by atoms with E-state index in [0.29, 0.717) is 11.8 Å². The minimum atomic E-state index is -2.60. The van der Waals surface area contributed by atoms with Crippen molar-refractivity contribution in [3.05, 3.63) is 40.7 Å². The van der Waals surface area contributed by atoms with E-state index in [1.807, 2.05) is 0 Å². The predicted molar refractivity (Wildman–Crippen MR) is 100 cm³/mol. The van der Waals surface area contributed by atoms with Gasteiger partial charge in [-0.05, 0) is 43.0 Å². The second kappa shape index (κ2) is 7.88. The molecule has 0 fully saturated rings. The molecule has 0 saturated carbocycles. The number of halogens is 3. The molecule has 5 nitrogen and oxygen atoms in total. The Morgan fingerprint density at radius 3 is 2.54 bits per heavy atom. The lowest BCUT2D eigenvalue weighted by Gasteiger charge is -2.06. The number of carbonyl (C=O) groups is 2. The van der Waals surface area contributed by atoms with Crippen LogP contribution in [0, 0.1) is 12.7 Å². The maximum absolute atomic E-state index is 14.9. The monoisotopic (exact) mass is 429 g/mol. The van der Waals surface area contributed by atoms with Crippen LogP contribution in [0.2, 0.25) is 0 Å². The van der Waals surface area contributed by atoms with E-state index >= 15 is 0 Å². The number of esters is 1. The zero-order valence-electron chi connectivity index (χ0n) is 14.9. The average Bonchev–Trinajstić information content (AvgIpc) is 3.18. The minimum absolute atomic E-state index is 0.0702. The summed E-state index contributed by atoms with van der Waals surface area (Å²) >= 11 is 1.24. The number of thioether (sulfide) groups is 1. The molecule has 0 aliphatic rings. The lowest BCUT2D eigenvalue weighted by Crippen LogP contribution is -2.12. The summed E-state index contributed by atoms with van der Waals surface area (Å²) in [5.74, 6) is -4.76. The number of hydrogen-bond donors (Lipinski definition) is 0. The number of nitrogens with zero attached hydrogens (tertiary/aromatic N) is 1. The van der Waals surface area contributed by atoms with Gasteiger partial charge in [0.1, 0.15) is 0 Å². The van der Waals surface area contributed by atoms with Gasteiger partial charge in [0.05, 0.1) is 32.8 Å². The summed E-state index contributed by atoms with van der Waals surface area (Å²) in [7, 11) is 1.29. The Bertz CT molecular complexity index is 1070. The molecule has 0 amide bonds. The Morgan fingerprint density at radius 1 is 1.21 bits per heavy atom. The molecule has 148 valence electrons. The Labute approximate surface area is 166 Å². The van der Waals surface area contributed by atoms with Gasteiger partial charge in [-0.1, -0.05) is 0 Å². The van der Waals surface area contributed by atoms with Gasteiger partial charge >= 0.3 is 5.97 Å². The van der Waals surface area contributed by atoms with Crippen LogP contribution in [-0.4, -0.2) is 29.3 Å². The summed E-state index contributed by atoms with van der Waals surface area (Å²) in [5.41, 5.74) is 0.382. The zero-order chi connectivity index (χ0) is 20.6. The molecule has 28 heavy (non-hydrogen) atoms. The first-order valence-electron chi connectivity index (χ1n) is 7.89. The summed E-state index contributed by atoms with van der Waals surface area (Å²) in [6.07, 6.45) is 0. The quantitative estimate of drug-likeness (QED) is 0.418. The standard InChI is InChI=1S/C18H14F3NO4S2/c1-8-16(26-9(2)23)14-10(4-5-11(25-3)15(14)19)22(8)17(24)12-6-7-13(27-12)28-18(20)21/h4-7,18H,1-3H3. The third-order valence-corrected chi connectivity index (χ3v) is 5.84. The second-order valence-electron chi connectivity index (χ2n) is 5.62. The molecule has 0 atom stereocenters. The largest absolute Gasteiger partial charge is 0.494 e. The second-order valence-corrected chi connectivity index (χ2v) is 8.00. The van der Waals surface area contributed by atoms with Crippen molar-refractivity contribution in [2.75, 3.05) is 7.11 Å². The molecule has 0 N–H and O–H groups in total. The topological polar surface area (TPSA) is 57.5 Å². The van der Waals surface area contributed by atoms with Crippen LogP contribution in [-0.2, 0) is 4.79 Å². The van der Waals surface area contributed by atoms with E-state index in [4.69, 9.17) is 9.47 Å². The molecule has 0 aliphatic carbocycles. The van der Waals surface area contributed by atoms with E-state index < -0.39 is 23.5 Å². The van der Waals surface area contributed by atoms with Gasteiger partial charge in [0.2, 0.25) is 0 Å². The SMILES string of the molecule is COc1ccc2c(c1F)c(OC(C)=O)c(C)n2C(=O)c1ccc(SC(F)F)s1. The summed E-state index contributed by atoms with van der Waals surface area (Å²) in [4.78, 5) is 24.7. The molecule has 0 unspecified atom stereocenters. The number of benzene rings is 1. The van der Waals surface area contributed by atoms with E-state index in [9.17, 15) is 22.8 Å². The number of methoxy groups -OCH3 is 1. The van der Waals surface area contributed by atoms with Crippen LogP contribution in [0.25, 0.3) is 10.9 Å². The summed E-state index contributed by atoms with van der Waals surface area (Å²) in [6, 6.07) is 5.67. The minimum Gasteiger partial charge on any atom is -0.494 e. The van der Waals surface area contributed by atoms with E-state index in [-0.39, 0.29) is 37.2 Å². The molecule has 0 bridgehead atoms. The number of hydrogen-bond acceptors (Lipinski definition) is 6. The normalized spacial score (nSPS) is 11.2. The molecule has 10 heteroatoms. The highest BCUT2D eigenvalue weighted by Crippen LogP contribution is 2.39. The molecule has 3 rings (SSSR count). The van der Waals surface area contributed by atoms with Gasteiger partial charge in [-0.25, -0.2) is 4.39 Å². The van der Waals surface area contributed by atoms with Crippen LogP contribution in [0.15, 0.2) is 28.5 Å². The number of ether oxygens (including phenoxy) is 2. The number of fused-ring (bicyclic) bond motifs is 1. The van der Waals surface area contributed by atoms with Crippen LogP contribution in [0.3, 0.4) is 0 Å². The number of rotatable bonds is 5. The first kappa shape index (κ1) is 20.3. The summed E-state index contributed by atoms with van der Waals surface area (Å²) in [6.45, 7) is 2.67. The Morgan fingerprint density at radius 2 is 1.93 bits per heavy atom. The number of thiophene rings is 1. The van der Waals surface area contributed by atoms with Crippen LogP contribution < -0.4 is 9.47 Å². The van der Waals surface area contributed by atoms with E-state index in [1.54, 1.807) is 0 Å². The Hall–Kier alpha value is -2.46. The molecule has 0 radical (unpaired) electrons. The zero-order valence-corrected chi connectivity index (χ0v) is 16.6. The van der Waals surface area contributed by atoms with E-state index in [0.717, 1.165) is 18.3 Å². The first-order valence-corrected chi connectivity index (χ1v) is 9.59. The molecule has 3 aromatic rings. The highest BCUT2D eigenvalue weighted by molar-refractivity contribution is 8.01. The first-order chi connectivity index (χ1) is 13.2. The van der Waals surface area contributed by atoms with E-state index in [1.165, 1.54) is 42.9 Å². The van der Waals surface area contributed by atoms with Gasteiger partial charge in [-0.15, -0.1) is 11.3 Å². The van der Waals surface area contributed by atoms with Gasteiger partial charge in [0, 0.05) is 6.92 Å².